The third-order valence-electron chi connectivity index (χ3n) is 2.65. The van der Waals surface area contributed by atoms with E-state index in [1.165, 1.54) is 12.5 Å². The fourth-order valence-electron chi connectivity index (χ4n) is 1.75. The Morgan fingerprint density at radius 2 is 1.95 bits per heavy atom. The summed E-state index contributed by atoms with van der Waals surface area (Å²) in [4.78, 5) is 15.0. The molecule has 1 heterocycles. The maximum Gasteiger partial charge on any atom is 0.222 e. The van der Waals surface area contributed by atoms with Gasteiger partial charge in [0, 0.05) is 13.5 Å². The van der Waals surface area contributed by atoms with Crippen LogP contribution in [0.2, 0.25) is 0 Å². The van der Waals surface area contributed by atoms with Crippen molar-refractivity contribution in [2.24, 2.45) is 0 Å². The van der Waals surface area contributed by atoms with Crippen molar-refractivity contribution < 1.29 is 4.79 Å². The lowest BCUT2D eigenvalue weighted by Crippen LogP contribution is -2.08. The summed E-state index contributed by atoms with van der Waals surface area (Å²) in [7, 11) is 0. The Hall–Kier alpha value is -2.36. The first-order valence-corrected chi connectivity index (χ1v) is 6.25. The van der Waals surface area contributed by atoms with Crippen LogP contribution in [0.5, 0.6) is 0 Å². The van der Waals surface area contributed by atoms with Crippen LogP contribution in [0, 0.1) is 0 Å². The molecule has 1 aromatic carbocycles. The van der Waals surface area contributed by atoms with Crippen molar-refractivity contribution in [1.82, 2.24) is 4.98 Å². The maximum atomic E-state index is 10.9. The Kier molecular flexibility index (Phi) is 4.50. The van der Waals surface area contributed by atoms with Gasteiger partial charge in [-0.25, -0.2) is 4.98 Å². The lowest BCUT2D eigenvalue weighted by atomic mass is 10.1. The first-order chi connectivity index (χ1) is 9.24. The Morgan fingerprint density at radius 1 is 1.16 bits per heavy atom. The van der Waals surface area contributed by atoms with Gasteiger partial charge in [-0.1, -0.05) is 30.3 Å². The minimum atomic E-state index is -0.114. The minimum Gasteiger partial charge on any atom is -0.383 e. The molecule has 19 heavy (non-hydrogen) atoms. The van der Waals surface area contributed by atoms with E-state index in [1.54, 1.807) is 12.3 Å². The Balaban J connectivity index is 1.81. The van der Waals surface area contributed by atoms with Gasteiger partial charge in [-0.2, -0.15) is 0 Å². The summed E-state index contributed by atoms with van der Waals surface area (Å²) in [5.74, 6) is 0.457. The van der Waals surface area contributed by atoms with Crippen LogP contribution in [-0.4, -0.2) is 17.4 Å². The van der Waals surface area contributed by atoms with E-state index in [1.807, 2.05) is 24.3 Å². The first-order valence-electron chi connectivity index (χ1n) is 6.25. The highest BCUT2D eigenvalue weighted by Crippen LogP contribution is 2.09. The minimum absolute atomic E-state index is 0.114. The number of hydrogen-bond acceptors (Lipinski definition) is 3. The average Bonchev–Trinajstić information content (AvgIpc) is 2.41. The van der Waals surface area contributed by atoms with Crippen molar-refractivity contribution in [3.63, 3.8) is 0 Å². The Morgan fingerprint density at radius 3 is 2.58 bits per heavy atom. The third-order valence-corrected chi connectivity index (χ3v) is 2.65. The van der Waals surface area contributed by atoms with Gasteiger partial charge in [-0.3, -0.25) is 4.79 Å². The lowest BCUT2D eigenvalue weighted by Gasteiger charge is -2.07. The van der Waals surface area contributed by atoms with Crippen molar-refractivity contribution >= 4 is 17.4 Å². The van der Waals surface area contributed by atoms with Gasteiger partial charge in [0.2, 0.25) is 5.91 Å². The van der Waals surface area contributed by atoms with E-state index in [0.717, 1.165) is 18.7 Å². The van der Waals surface area contributed by atoms with Crippen molar-refractivity contribution in [3.8, 4) is 0 Å². The van der Waals surface area contributed by atoms with Crippen molar-refractivity contribution in [1.29, 1.82) is 0 Å². The van der Waals surface area contributed by atoms with Crippen LogP contribution in [0.1, 0.15) is 12.5 Å². The summed E-state index contributed by atoms with van der Waals surface area (Å²) in [6, 6.07) is 14.0. The number of amides is 1. The molecule has 4 nitrogen and oxygen atoms in total. The zero-order valence-electron chi connectivity index (χ0n) is 10.9. The highest BCUT2D eigenvalue weighted by molar-refractivity contribution is 5.87. The fourth-order valence-corrected chi connectivity index (χ4v) is 1.75. The fraction of sp³-hybridized carbons (Fsp3) is 0.200. The topological polar surface area (TPSA) is 54.0 Å². The number of rotatable bonds is 5. The smallest absolute Gasteiger partial charge is 0.222 e. The molecule has 0 radical (unpaired) electrons. The van der Waals surface area contributed by atoms with Gasteiger partial charge in [0.1, 0.15) is 5.82 Å². The molecule has 2 aromatic rings. The zero-order valence-corrected chi connectivity index (χ0v) is 10.9. The Labute approximate surface area is 112 Å². The SMILES string of the molecule is CC(=O)Nc1ccc(NCCc2ccccc2)cn1. The Bertz CT molecular complexity index is 523. The average molecular weight is 255 g/mol. The quantitative estimate of drug-likeness (QED) is 0.863. The highest BCUT2D eigenvalue weighted by Gasteiger charge is 1.97. The second-order valence-corrected chi connectivity index (χ2v) is 4.28. The molecule has 4 heteroatoms. The molecule has 1 aromatic heterocycles. The number of nitrogens with zero attached hydrogens (tertiary/aromatic N) is 1. The van der Waals surface area contributed by atoms with E-state index in [2.05, 4.69) is 27.8 Å². The molecular weight excluding hydrogens is 238 g/mol. The van der Waals surface area contributed by atoms with E-state index >= 15 is 0 Å². The number of nitrogens with one attached hydrogen (secondary N) is 2. The second-order valence-electron chi connectivity index (χ2n) is 4.28. The number of hydrogen-bond donors (Lipinski definition) is 2. The summed E-state index contributed by atoms with van der Waals surface area (Å²) in [5, 5.41) is 5.93. The van der Waals surface area contributed by atoms with E-state index in [9.17, 15) is 4.79 Å². The molecule has 2 N–H and O–H groups in total. The molecule has 0 spiro atoms. The standard InChI is InChI=1S/C15H17N3O/c1-12(19)18-15-8-7-14(11-17-15)16-10-9-13-5-3-2-4-6-13/h2-8,11,16H,9-10H2,1H3,(H,17,18,19). The van der Waals surface area contributed by atoms with E-state index in [-0.39, 0.29) is 5.91 Å². The van der Waals surface area contributed by atoms with E-state index < -0.39 is 0 Å². The van der Waals surface area contributed by atoms with E-state index in [4.69, 9.17) is 0 Å². The number of pyridine rings is 1. The number of anilines is 2. The van der Waals surface area contributed by atoms with Crippen molar-refractivity contribution in [2.45, 2.75) is 13.3 Å². The molecule has 2 rings (SSSR count). The molecule has 1 amide bonds. The first kappa shape index (κ1) is 13.1. The van der Waals surface area contributed by atoms with Gasteiger partial charge in [0.05, 0.1) is 11.9 Å². The second kappa shape index (κ2) is 6.54. The molecule has 0 saturated heterocycles. The van der Waals surface area contributed by atoms with Crippen LogP contribution in [0.3, 0.4) is 0 Å². The summed E-state index contributed by atoms with van der Waals surface area (Å²) in [5.41, 5.74) is 2.25. The monoisotopic (exact) mass is 255 g/mol. The molecule has 98 valence electrons. The number of carbonyl (C=O) groups is 1. The largest absolute Gasteiger partial charge is 0.383 e. The molecular formula is C15H17N3O. The van der Waals surface area contributed by atoms with Crippen LogP contribution in [0.25, 0.3) is 0 Å². The summed E-state index contributed by atoms with van der Waals surface area (Å²) >= 11 is 0. The van der Waals surface area contributed by atoms with Gasteiger partial charge in [-0.15, -0.1) is 0 Å². The highest BCUT2D eigenvalue weighted by atomic mass is 16.1. The molecule has 0 saturated carbocycles. The number of carbonyl (C=O) groups excluding carboxylic acids is 1. The van der Waals surface area contributed by atoms with Crippen molar-refractivity contribution in [3.05, 3.63) is 54.2 Å². The zero-order chi connectivity index (χ0) is 13.5. The van der Waals surface area contributed by atoms with Crippen LogP contribution in [0.15, 0.2) is 48.7 Å². The van der Waals surface area contributed by atoms with Gasteiger partial charge in [-0.05, 0) is 24.1 Å². The van der Waals surface area contributed by atoms with Crippen LogP contribution in [-0.2, 0) is 11.2 Å². The third kappa shape index (κ3) is 4.43. The van der Waals surface area contributed by atoms with Gasteiger partial charge in [0.15, 0.2) is 0 Å². The molecule has 0 aliphatic rings. The number of aromatic nitrogens is 1. The molecule has 0 aliphatic carbocycles. The van der Waals surface area contributed by atoms with E-state index in [0.29, 0.717) is 5.82 Å². The van der Waals surface area contributed by atoms with Gasteiger partial charge < -0.3 is 10.6 Å². The van der Waals surface area contributed by atoms with Crippen molar-refractivity contribution in [2.75, 3.05) is 17.2 Å². The molecule has 0 fully saturated rings. The molecule has 0 aliphatic heterocycles. The maximum absolute atomic E-state index is 10.9. The summed E-state index contributed by atoms with van der Waals surface area (Å²) < 4.78 is 0. The molecule has 0 unspecified atom stereocenters. The van der Waals surface area contributed by atoms with Crippen LogP contribution in [0.4, 0.5) is 11.5 Å². The number of benzene rings is 1. The molecule has 0 atom stereocenters. The van der Waals surface area contributed by atoms with Crippen LogP contribution >= 0.6 is 0 Å². The van der Waals surface area contributed by atoms with Crippen LogP contribution < -0.4 is 10.6 Å². The predicted molar refractivity (Wildman–Crippen MR) is 77.2 cm³/mol. The normalized spacial score (nSPS) is 9.95. The molecule has 0 bridgehead atoms. The predicted octanol–water partition coefficient (Wildman–Crippen LogP) is 2.69. The summed E-state index contributed by atoms with van der Waals surface area (Å²) in [6.45, 7) is 2.32. The lowest BCUT2D eigenvalue weighted by molar-refractivity contribution is -0.114. The van der Waals surface area contributed by atoms with Gasteiger partial charge >= 0.3 is 0 Å². The van der Waals surface area contributed by atoms with Gasteiger partial charge in [0.25, 0.3) is 0 Å². The summed E-state index contributed by atoms with van der Waals surface area (Å²) in [6.07, 6.45) is 2.69.